The molecule has 84 valence electrons. The molecule has 0 aliphatic carbocycles. The summed E-state index contributed by atoms with van der Waals surface area (Å²) in [6.07, 6.45) is 1.31. The Hall–Kier alpha value is -1.31. The summed E-state index contributed by atoms with van der Waals surface area (Å²) in [5.41, 5.74) is 1.30. The van der Waals surface area contributed by atoms with Crippen molar-refractivity contribution >= 4 is 6.29 Å². The highest BCUT2D eigenvalue weighted by molar-refractivity contribution is 5.49. The van der Waals surface area contributed by atoms with E-state index in [9.17, 15) is 4.79 Å². The summed E-state index contributed by atoms with van der Waals surface area (Å²) in [5, 5.41) is 0. The molecular formula is C13H20O2. The van der Waals surface area contributed by atoms with Crippen molar-refractivity contribution in [2.75, 3.05) is 6.61 Å². The van der Waals surface area contributed by atoms with Gasteiger partial charge in [-0.2, -0.15) is 0 Å². The molecule has 0 saturated heterocycles. The number of ether oxygens (including phenoxy) is 1. The fraction of sp³-hybridized carbons (Fsp3) is 0.462. The molecule has 0 amide bonds. The van der Waals surface area contributed by atoms with Gasteiger partial charge in [0.15, 0.2) is 0 Å². The fourth-order valence-electron chi connectivity index (χ4n) is 1.17. The van der Waals surface area contributed by atoms with E-state index in [2.05, 4.69) is 26.0 Å². The van der Waals surface area contributed by atoms with Crippen molar-refractivity contribution in [2.45, 2.75) is 33.6 Å². The van der Waals surface area contributed by atoms with Crippen LogP contribution in [0.15, 0.2) is 24.3 Å². The topological polar surface area (TPSA) is 26.3 Å². The maximum absolute atomic E-state index is 10.1. The van der Waals surface area contributed by atoms with Gasteiger partial charge in [0.2, 0.25) is 0 Å². The van der Waals surface area contributed by atoms with Gasteiger partial charge in [0.25, 0.3) is 0 Å². The second-order valence-corrected chi connectivity index (χ2v) is 3.53. The average molecular weight is 208 g/mol. The summed E-state index contributed by atoms with van der Waals surface area (Å²) in [4.78, 5) is 10.1. The van der Waals surface area contributed by atoms with E-state index in [0.29, 0.717) is 18.9 Å². The molecule has 0 bridgehead atoms. The third-order valence-electron chi connectivity index (χ3n) is 2.05. The van der Waals surface area contributed by atoms with Crippen LogP contribution in [0.3, 0.4) is 0 Å². The Morgan fingerprint density at radius 3 is 2.33 bits per heavy atom. The first-order chi connectivity index (χ1) is 6.74. The molecule has 1 aromatic rings. The van der Waals surface area contributed by atoms with Crippen molar-refractivity contribution in [3.8, 4) is 5.75 Å². The van der Waals surface area contributed by atoms with Crippen molar-refractivity contribution in [1.29, 1.82) is 0 Å². The lowest BCUT2D eigenvalue weighted by Crippen LogP contribution is -1.97. The van der Waals surface area contributed by atoms with E-state index in [4.69, 9.17) is 4.74 Å². The lowest BCUT2D eigenvalue weighted by molar-refractivity contribution is -0.108. The summed E-state index contributed by atoms with van der Waals surface area (Å²) < 4.78 is 5.35. The zero-order valence-corrected chi connectivity index (χ0v) is 8.69. The monoisotopic (exact) mass is 208 g/mol. The molecule has 15 heavy (non-hydrogen) atoms. The van der Waals surface area contributed by atoms with Crippen molar-refractivity contribution in [3.05, 3.63) is 29.8 Å². The lowest BCUT2D eigenvalue weighted by Gasteiger charge is -2.07. The van der Waals surface area contributed by atoms with Gasteiger partial charge >= 0.3 is 0 Å². The molecule has 0 aliphatic rings. The molecule has 1 aromatic carbocycles. The van der Waals surface area contributed by atoms with Gasteiger partial charge in [0.05, 0.1) is 6.61 Å². The molecule has 0 spiro atoms. The highest BCUT2D eigenvalue weighted by Crippen LogP contribution is 2.18. The van der Waals surface area contributed by atoms with E-state index in [0.717, 1.165) is 12.0 Å². The predicted molar refractivity (Wildman–Crippen MR) is 63.4 cm³/mol. The van der Waals surface area contributed by atoms with E-state index in [-0.39, 0.29) is 7.43 Å². The van der Waals surface area contributed by atoms with Crippen LogP contribution in [0.1, 0.15) is 39.2 Å². The maximum Gasteiger partial charge on any atom is 0.123 e. The quantitative estimate of drug-likeness (QED) is 0.547. The molecule has 0 atom stereocenters. The number of benzene rings is 1. The Labute approximate surface area is 92.3 Å². The van der Waals surface area contributed by atoms with Gasteiger partial charge in [-0.3, -0.25) is 0 Å². The van der Waals surface area contributed by atoms with Crippen LogP contribution in [-0.2, 0) is 4.79 Å². The molecule has 0 N–H and O–H groups in total. The molecule has 0 radical (unpaired) electrons. The summed E-state index contributed by atoms with van der Waals surface area (Å²) in [7, 11) is 0. The second kappa shape index (κ2) is 7.04. The molecule has 2 heteroatoms. The number of carbonyl (C=O) groups excluding carboxylic acids is 1. The number of carbonyl (C=O) groups is 1. The van der Waals surface area contributed by atoms with Crippen molar-refractivity contribution in [3.63, 3.8) is 0 Å². The largest absolute Gasteiger partial charge is 0.493 e. The summed E-state index contributed by atoms with van der Waals surface area (Å²) >= 11 is 0. The Morgan fingerprint density at radius 2 is 1.87 bits per heavy atom. The van der Waals surface area contributed by atoms with E-state index in [1.54, 1.807) is 0 Å². The van der Waals surface area contributed by atoms with E-state index < -0.39 is 0 Å². The van der Waals surface area contributed by atoms with Gasteiger partial charge in [-0.1, -0.05) is 33.4 Å². The first-order valence-corrected chi connectivity index (χ1v) is 4.90. The SMILES string of the molecule is C.CC(C)c1ccc(OCCC=O)cc1. The zero-order chi connectivity index (χ0) is 10.4. The smallest absolute Gasteiger partial charge is 0.123 e. The van der Waals surface area contributed by atoms with Gasteiger partial charge in [-0.05, 0) is 23.6 Å². The molecule has 0 aromatic heterocycles. The predicted octanol–water partition coefficient (Wildman–Crippen LogP) is 3.41. The van der Waals surface area contributed by atoms with Crippen molar-refractivity contribution in [1.82, 2.24) is 0 Å². The Bertz CT molecular complexity index is 275. The minimum Gasteiger partial charge on any atom is -0.493 e. The van der Waals surface area contributed by atoms with E-state index in [1.165, 1.54) is 5.56 Å². The fourth-order valence-corrected chi connectivity index (χ4v) is 1.17. The minimum absolute atomic E-state index is 0. The molecule has 0 saturated carbocycles. The van der Waals surface area contributed by atoms with Crippen LogP contribution in [0.25, 0.3) is 0 Å². The normalized spacial score (nSPS) is 9.53. The Morgan fingerprint density at radius 1 is 1.27 bits per heavy atom. The van der Waals surface area contributed by atoms with Gasteiger partial charge < -0.3 is 9.53 Å². The van der Waals surface area contributed by atoms with Crippen molar-refractivity contribution in [2.24, 2.45) is 0 Å². The van der Waals surface area contributed by atoms with Crippen LogP contribution in [-0.4, -0.2) is 12.9 Å². The maximum atomic E-state index is 10.1. The van der Waals surface area contributed by atoms with Crippen LogP contribution >= 0.6 is 0 Å². The van der Waals surface area contributed by atoms with Gasteiger partial charge in [0, 0.05) is 6.42 Å². The Kier molecular flexibility index (Phi) is 6.43. The molecule has 0 aliphatic heterocycles. The summed E-state index contributed by atoms with van der Waals surface area (Å²) in [6, 6.07) is 8.00. The van der Waals surface area contributed by atoms with Crippen LogP contribution in [0, 0.1) is 0 Å². The van der Waals surface area contributed by atoms with Gasteiger partial charge in [-0.15, -0.1) is 0 Å². The average Bonchev–Trinajstić information content (AvgIpc) is 2.19. The highest BCUT2D eigenvalue weighted by Gasteiger charge is 1.98. The zero-order valence-electron chi connectivity index (χ0n) is 8.69. The standard InChI is InChI=1S/C12H16O2.CH4/c1-10(2)11-4-6-12(7-5-11)14-9-3-8-13;/h4-8,10H,3,9H2,1-2H3;1H4. The molecule has 0 unspecified atom stereocenters. The van der Waals surface area contributed by atoms with Gasteiger partial charge in [-0.25, -0.2) is 0 Å². The van der Waals surface area contributed by atoms with Gasteiger partial charge in [0.1, 0.15) is 12.0 Å². The number of hydrogen-bond donors (Lipinski definition) is 0. The molecular weight excluding hydrogens is 188 g/mol. The first kappa shape index (κ1) is 13.7. The van der Waals surface area contributed by atoms with Crippen LogP contribution in [0.2, 0.25) is 0 Å². The number of aldehydes is 1. The summed E-state index contributed by atoms with van der Waals surface area (Å²) in [5.74, 6) is 1.37. The van der Waals surface area contributed by atoms with Crippen LogP contribution in [0.5, 0.6) is 5.75 Å². The third kappa shape index (κ3) is 4.63. The first-order valence-electron chi connectivity index (χ1n) is 4.90. The molecule has 0 fully saturated rings. The van der Waals surface area contributed by atoms with Crippen LogP contribution in [0.4, 0.5) is 0 Å². The second-order valence-electron chi connectivity index (χ2n) is 3.53. The lowest BCUT2D eigenvalue weighted by atomic mass is 10.0. The van der Waals surface area contributed by atoms with E-state index in [1.807, 2.05) is 12.1 Å². The molecule has 0 heterocycles. The van der Waals surface area contributed by atoms with E-state index >= 15 is 0 Å². The minimum atomic E-state index is 0. The Balaban J connectivity index is 0.00000196. The number of hydrogen-bond acceptors (Lipinski definition) is 2. The number of rotatable bonds is 5. The van der Waals surface area contributed by atoms with Crippen molar-refractivity contribution < 1.29 is 9.53 Å². The van der Waals surface area contributed by atoms with Crippen LogP contribution < -0.4 is 4.74 Å². The molecule has 1 rings (SSSR count). The highest BCUT2D eigenvalue weighted by atomic mass is 16.5. The molecule has 2 nitrogen and oxygen atoms in total. The summed E-state index contributed by atoms with van der Waals surface area (Å²) in [6.45, 7) is 4.77. The third-order valence-corrected chi connectivity index (χ3v) is 2.05.